The molecular weight excluding hydrogens is 338 g/mol. The van der Waals surface area contributed by atoms with E-state index >= 15 is 0 Å². The zero-order chi connectivity index (χ0) is 17.1. The van der Waals surface area contributed by atoms with Crippen molar-refractivity contribution >= 4 is 17.5 Å². The molecule has 3 heterocycles. The molecule has 0 aliphatic carbocycles. The summed E-state index contributed by atoms with van der Waals surface area (Å²) in [4.78, 5) is 8.77. The highest BCUT2D eigenvalue weighted by atomic mass is 35.5. The normalized spacial score (nSPS) is 10.8. The van der Waals surface area contributed by atoms with Gasteiger partial charge in [0.2, 0.25) is 5.95 Å². The molecule has 3 aromatic heterocycles. The average molecular weight is 352 g/mol. The zero-order valence-electron chi connectivity index (χ0n) is 13.1. The van der Waals surface area contributed by atoms with Crippen molar-refractivity contribution < 1.29 is 4.42 Å². The Morgan fingerprint density at radius 1 is 1.16 bits per heavy atom. The van der Waals surface area contributed by atoms with Crippen molar-refractivity contribution in [2.24, 2.45) is 0 Å². The van der Waals surface area contributed by atoms with Crippen LogP contribution in [0, 0.1) is 0 Å². The molecule has 7 heteroatoms. The molecule has 0 aliphatic rings. The van der Waals surface area contributed by atoms with Crippen molar-refractivity contribution in [3.63, 3.8) is 0 Å². The van der Waals surface area contributed by atoms with Crippen LogP contribution in [0.2, 0.25) is 5.02 Å². The first kappa shape index (κ1) is 15.4. The third kappa shape index (κ3) is 3.39. The summed E-state index contributed by atoms with van der Waals surface area (Å²) in [5.41, 5.74) is 3.51. The molecule has 124 valence electrons. The monoisotopic (exact) mass is 351 g/mol. The number of para-hydroxylation sites is 1. The Morgan fingerprint density at radius 2 is 2.08 bits per heavy atom. The number of rotatable bonds is 5. The van der Waals surface area contributed by atoms with Gasteiger partial charge in [-0.15, -0.1) is 0 Å². The highest BCUT2D eigenvalue weighted by Gasteiger charge is 2.08. The van der Waals surface area contributed by atoms with Gasteiger partial charge in [0, 0.05) is 30.1 Å². The lowest BCUT2D eigenvalue weighted by molar-refractivity contribution is 0.564. The third-order valence-corrected chi connectivity index (χ3v) is 3.98. The molecular formula is C18H14ClN5O. The number of anilines is 1. The number of benzene rings is 1. The van der Waals surface area contributed by atoms with Gasteiger partial charge in [-0.05, 0) is 24.3 Å². The fraction of sp³-hybridized carbons (Fsp3) is 0.0556. The standard InChI is InChI=1S/C18H14ClN5O/c19-15-3-1-2-4-17(15)24-11-14(10-22-24)16-5-7-20-18(23-16)21-9-13-6-8-25-12-13/h1-8,10-12H,9H2,(H,20,21,23). The number of aromatic nitrogens is 4. The van der Waals surface area contributed by atoms with Gasteiger partial charge in [0.25, 0.3) is 0 Å². The van der Waals surface area contributed by atoms with Crippen LogP contribution in [-0.4, -0.2) is 19.7 Å². The molecule has 1 N–H and O–H groups in total. The Hall–Kier alpha value is -3.12. The number of hydrogen-bond acceptors (Lipinski definition) is 5. The van der Waals surface area contributed by atoms with Gasteiger partial charge in [0.05, 0.1) is 35.1 Å². The van der Waals surface area contributed by atoms with Crippen LogP contribution >= 0.6 is 11.6 Å². The van der Waals surface area contributed by atoms with Crippen LogP contribution in [0.25, 0.3) is 16.9 Å². The lowest BCUT2D eigenvalue weighted by atomic mass is 10.2. The van der Waals surface area contributed by atoms with Crippen molar-refractivity contribution in [2.75, 3.05) is 5.32 Å². The van der Waals surface area contributed by atoms with E-state index in [4.69, 9.17) is 16.0 Å². The third-order valence-electron chi connectivity index (χ3n) is 3.66. The maximum atomic E-state index is 6.23. The number of hydrogen-bond donors (Lipinski definition) is 1. The molecule has 6 nitrogen and oxygen atoms in total. The van der Waals surface area contributed by atoms with Crippen LogP contribution in [0.5, 0.6) is 0 Å². The minimum absolute atomic E-state index is 0.546. The van der Waals surface area contributed by atoms with Crippen LogP contribution in [0.15, 0.2) is 71.9 Å². The second-order valence-electron chi connectivity index (χ2n) is 5.38. The highest BCUT2D eigenvalue weighted by molar-refractivity contribution is 6.32. The van der Waals surface area contributed by atoms with E-state index < -0.39 is 0 Å². The fourth-order valence-corrected chi connectivity index (χ4v) is 2.63. The van der Waals surface area contributed by atoms with Crippen LogP contribution in [-0.2, 0) is 6.54 Å². The average Bonchev–Trinajstić information content (AvgIpc) is 3.33. The lowest BCUT2D eigenvalue weighted by Gasteiger charge is -2.04. The first-order chi connectivity index (χ1) is 12.3. The van der Waals surface area contributed by atoms with Gasteiger partial charge in [-0.1, -0.05) is 23.7 Å². The minimum Gasteiger partial charge on any atom is -0.472 e. The predicted octanol–water partition coefficient (Wildman–Crippen LogP) is 4.19. The fourth-order valence-electron chi connectivity index (χ4n) is 2.40. The van der Waals surface area contributed by atoms with Crippen LogP contribution in [0.1, 0.15) is 5.56 Å². The molecule has 0 spiro atoms. The molecule has 0 atom stereocenters. The van der Waals surface area contributed by atoms with Crippen LogP contribution < -0.4 is 5.32 Å². The number of furan rings is 1. The maximum absolute atomic E-state index is 6.23. The molecule has 0 aliphatic heterocycles. The van der Waals surface area contributed by atoms with Crippen LogP contribution in [0.4, 0.5) is 5.95 Å². The molecule has 0 unspecified atom stereocenters. The van der Waals surface area contributed by atoms with E-state index in [2.05, 4.69) is 20.4 Å². The van der Waals surface area contributed by atoms with E-state index in [9.17, 15) is 0 Å². The Labute approximate surface area is 149 Å². The predicted molar refractivity (Wildman–Crippen MR) is 95.6 cm³/mol. The van der Waals surface area contributed by atoms with E-state index in [1.165, 1.54) is 0 Å². The summed E-state index contributed by atoms with van der Waals surface area (Å²) in [6.45, 7) is 0.596. The highest BCUT2D eigenvalue weighted by Crippen LogP contribution is 2.23. The van der Waals surface area contributed by atoms with Crippen molar-refractivity contribution in [1.82, 2.24) is 19.7 Å². The summed E-state index contributed by atoms with van der Waals surface area (Å²) < 4.78 is 6.78. The summed E-state index contributed by atoms with van der Waals surface area (Å²) in [6.07, 6.45) is 8.68. The van der Waals surface area contributed by atoms with Gasteiger partial charge in [0.1, 0.15) is 0 Å². The van der Waals surface area contributed by atoms with Crippen molar-refractivity contribution in [2.45, 2.75) is 6.54 Å². The summed E-state index contributed by atoms with van der Waals surface area (Å²) in [7, 11) is 0. The quantitative estimate of drug-likeness (QED) is 0.584. The number of halogens is 1. The first-order valence-electron chi connectivity index (χ1n) is 7.67. The molecule has 0 saturated heterocycles. The zero-order valence-corrected chi connectivity index (χ0v) is 13.9. The molecule has 0 bridgehead atoms. The van der Waals surface area contributed by atoms with Crippen molar-refractivity contribution in [3.8, 4) is 16.9 Å². The van der Waals surface area contributed by atoms with Crippen molar-refractivity contribution in [3.05, 3.63) is 78.1 Å². The lowest BCUT2D eigenvalue weighted by Crippen LogP contribution is -2.03. The smallest absolute Gasteiger partial charge is 0.223 e. The van der Waals surface area contributed by atoms with E-state index in [0.29, 0.717) is 17.5 Å². The molecule has 25 heavy (non-hydrogen) atoms. The molecule has 4 aromatic rings. The molecule has 0 radical (unpaired) electrons. The van der Waals surface area contributed by atoms with E-state index in [0.717, 1.165) is 22.5 Å². The van der Waals surface area contributed by atoms with Gasteiger partial charge < -0.3 is 9.73 Å². The van der Waals surface area contributed by atoms with Gasteiger partial charge in [0.15, 0.2) is 0 Å². The van der Waals surface area contributed by atoms with Gasteiger partial charge in [-0.25, -0.2) is 14.6 Å². The largest absolute Gasteiger partial charge is 0.472 e. The van der Waals surface area contributed by atoms with E-state index in [-0.39, 0.29) is 0 Å². The Morgan fingerprint density at radius 3 is 2.92 bits per heavy atom. The first-order valence-corrected chi connectivity index (χ1v) is 8.05. The molecule has 4 rings (SSSR count). The topological polar surface area (TPSA) is 68.8 Å². The Bertz CT molecular complexity index is 981. The molecule has 1 aromatic carbocycles. The second-order valence-corrected chi connectivity index (χ2v) is 5.78. The van der Waals surface area contributed by atoms with E-state index in [1.807, 2.05) is 42.6 Å². The number of nitrogens with one attached hydrogen (secondary N) is 1. The molecule has 0 amide bonds. The Balaban J connectivity index is 1.56. The summed E-state index contributed by atoms with van der Waals surface area (Å²) in [5, 5.41) is 8.19. The van der Waals surface area contributed by atoms with Gasteiger partial charge in [-0.3, -0.25) is 0 Å². The summed E-state index contributed by atoms with van der Waals surface area (Å²) in [6, 6.07) is 11.3. The minimum atomic E-state index is 0.546. The SMILES string of the molecule is Clc1ccccc1-n1cc(-c2ccnc(NCc3ccoc3)n2)cn1. The summed E-state index contributed by atoms with van der Waals surface area (Å²) >= 11 is 6.23. The Kier molecular flexibility index (Phi) is 4.18. The van der Waals surface area contributed by atoms with Gasteiger partial charge in [-0.2, -0.15) is 5.10 Å². The van der Waals surface area contributed by atoms with E-state index in [1.54, 1.807) is 29.6 Å². The van der Waals surface area contributed by atoms with Crippen molar-refractivity contribution in [1.29, 1.82) is 0 Å². The van der Waals surface area contributed by atoms with Gasteiger partial charge >= 0.3 is 0 Å². The van der Waals surface area contributed by atoms with Crippen LogP contribution in [0.3, 0.4) is 0 Å². The molecule has 0 saturated carbocycles. The maximum Gasteiger partial charge on any atom is 0.223 e. The second kappa shape index (κ2) is 6.78. The molecule has 0 fully saturated rings. The number of nitrogens with zero attached hydrogens (tertiary/aromatic N) is 4. The summed E-state index contributed by atoms with van der Waals surface area (Å²) in [5.74, 6) is 0.546.